The van der Waals surface area contributed by atoms with Gasteiger partial charge in [0.25, 0.3) is 0 Å². The molecule has 0 fully saturated rings. The first-order valence-electron chi connectivity index (χ1n) is 6.18. The third-order valence-electron chi connectivity index (χ3n) is 2.85. The van der Waals surface area contributed by atoms with Gasteiger partial charge in [0, 0.05) is 25.9 Å². The van der Waals surface area contributed by atoms with E-state index in [1.807, 2.05) is 25.1 Å². The number of aryl methyl sites for hydroxylation is 1. The maximum atomic E-state index is 13.8. The molecule has 2 rings (SSSR count). The summed E-state index contributed by atoms with van der Waals surface area (Å²) in [4.78, 5) is 9.89. The van der Waals surface area contributed by atoms with Crippen molar-refractivity contribution in [3.8, 4) is 0 Å². The van der Waals surface area contributed by atoms with E-state index in [-0.39, 0.29) is 11.6 Å². The Morgan fingerprint density at radius 2 is 1.95 bits per heavy atom. The zero-order valence-electron chi connectivity index (χ0n) is 11.6. The molecule has 0 atom stereocenters. The van der Waals surface area contributed by atoms with Crippen molar-refractivity contribution in [3.63, 3.8) is 0 Å². The fourth-order valence-electron chi connectivity index (χ4n) is 1.91. The van der Waals surface area contributed by atoms with Gasteiger partial charge in [-0.05, 0) is 19.1 Å². The molecule has 2 heterocycles. The third kappa shape index (κ3) is 3.01. The molecule has 0 aromatic carbocycles. The lowest BCUT2D eigenvalue weighted by atomic mass is 10.3. The third-order valence-corrected chi connectivity index (χ3v) is 2.85. The number of nitrogens with one attached hydrogen (secondary N) is 1. The quantitative estimate of drug-likeness (QED) is 0.933. The molecular formula is C14H16F2N4. The van der Waals surface area contributed by atoms with Gasteiger partial charge in [0.05, 0.1) is 12.2 Å². The summed E-state index contributed by atoms with van der Waals surface area (Å²) in [7, 11) is 3.22. The van der Waals surface area contributed by atoms with Crippen molar-refractivity contribution in [1.29, 1.82) is 0 Å². The van der Waals surface area contributed by atoms with Crippen LogP contribution in [-0.2, 0) is 6.54 Å². The molecule has 1 N–H and O–H groups in total. The molecule has 0 saturated carbocycles. The smallest absolute Gasteiger partial charge is 0.168 e. The van der Waals surface area contributed by atoms with Gasteiger partial charge in [0.1, 0.15) is 0 Å². The maximum Gasteiger partial charge on any atom is 0.168 e. The normalized spacial score (nSPS) is 10.4. The first kappa shape index (κ1) is 14.2. The standard InChI is InChI=1S/C14H16F2N4/c1-9-5-4-6-10(18-9)8-20(3)14-12(16)7-11(15)13(17-2)19-14/h4-7H,8H2,1-3H3,(H,17,19). The summed E-state index contributed by atoms with van der Waals surface area (Å²) in [5.74, 6) is -1.31. The Bertz CT molecular complexity index is 616. The molecule has 0 aliphatic carbocycles. The van der Waals surface area contributed by atoms with Gasteiger partial charge in [-0.2, -0.15) is 0 Å². The van der Waals surface area contributed by atoms with Gasteiger partial charge in [-0.15, -0.1) is 0 Å². The predicted octanol–water partition coefficient (Wildman–Crippen LogP) is 2.74. The van der Waals surface area contributed by atoms with Gasteiger partial charge < -0.3 is 10.2 Å². The Balaban J connectivity index is 2.27. The minimum atomic E-state index is -0.712. The van der Waals surface area contributed by atoms with Crippen LogP contribution in [0.1, 0.15) is 11.4 Å². The van der Waals surface area contributed by atoms with Gasteiger partial charge in [-0.1, -0.05) is 6.07 Å². The number of hydrogen-bond donors (Lipinski definition) is 1. The summed E-state index contributed by atoms with van der Waals surface area (Å²) in [6.45, 7) is 2.28. The first-order valence-corrected chi connectivity index (χ1v) is 6.18. The van der Waals surface area contributed by atoms with Crippen molar-refractivity contribution in [3.05, 3.63) is 47.3 Å². The van der Waals surface area contributed by atoms with Crippen molar-refractivity contribution >= 4 is 11.6 Å². The molecule has 0 aliphatic heterocycles. The molecular weight excluding hydrogens is 262 g/mol. The average molecular weight is 278 g/mol. The van der Waals surface area contributed by atoms with Crippen LogP contribution in [0.2, 0.25) is 0 Å². The summed E-state index contributed by atoms with van der Waals surface area (Å²) in [5.41, 5.74) is 1.68. The van der Waals surface area contributed by atoms with Gasteiger partial charge in [-0.3, -0.25) is 4.98 Å². The van der Waals surface area contributed by atoms with E-state index in [0.717, 1.165) is 17.5 Å². The van der Waals surface area contributed by atoms with Crippen LogP contribution in [0.25, 0.3) is 0 Å². The molecule has 2 aromatic heterocycles. The molecule has 6 heteroatoms. The summed E-state index contributed by atoms with van der Waals surface area (Å²) >= 11 is 0. The van der Waals surface area contributed by atoms with E-state index in [2.05, 4.69) is 15.3 Å². The zero-order chi connectivity index (χ0) is 14.7. The van der Waals surface area contributed by atoms with Gasteiger partial charge >= 0.3 is 0 Å². The number of hydrogen-bond acceptors (Lipinski definition) is 4. The van der Waals surface area contributed by atoms with E-state index in [0.29, 0.717) is 6.54 Å². The Morgan fingerprint density at radius 1 is 1.20 bits per heavy atom. The lowest BCUT2D eigenvalue weighted by molar-refractivity contribution is 0.572. The SMILES string of the molecule is CNc1nc(N(C)Cc2cccc(C)n2)c(F)cc1F. The van der Waals surface area contributed by atoms with Crippen LogP contribution in [0.5, 0.6) is 0 Å². The number of nitrogens with zero attached hydrogens (tertiary/aromatic N) is 3. The molecule has 0 saturated heterocycles. The molecule has 2 aromatic rings. The Morgan fingerprint density at radius 3 is 2.60 bits per heavy atom. The fourth-order valence-corrected chi connectivity index (χ4v) is 1.91. The molecule has 0 spiro atoms. The van der Waals surface area contributed by atoms with Gasteiger partial charge in [0.2, 0.25) is 0 Å². The number of aromatic nitrogens is 2. The maximum absolute atomic E-state index is 13.8. The summed E-state index contributed by atoms with van der Waals surface area (Å²) in [6.07, 6.45) is 0. The topological polar surface area (TPSA) is 41.1 Å². The molecule has 106 valence electrons. The lowest BCUT2D eigenvalue weighted by Crippen LogP contribution is -2.20. The van der Waals surface area contributed by atoms with Crippen molar-refractivity contribution in [1.82, 2.24) is 9.97 Å². The fraction of sp³-hybridized carbons (Fsp3) is 0.286. The Hall–Kier alpha value is -2.24. The van der Waals surface area contributed by atoms with Gasteiger partial charge in [-0.25, -0.2) is 13.8 Å². The van der Waals surface area contributed by atoms with E-state index in [1.54, 1.807) is 11.9 Å². The number of pyridine rings is 2. The van der Waals surface area contributed by atoms with Crippen molar-refractivity contribution in [2.75, 3.05) is 24.3 Å². The highest BCUT2D eigenvalue weighted by molar-refractivity contribution is 5.48. The summed E-state index contributed by atoms with van der Waals surface area (Å²) < 4.78 is 27.2. The van der Waals surface area contributed by atoms with E-state index in [4.69, 9.17) is 0 Å². The van der Waals surface area contributed by atoms with E-state index in [9.17, 15) is 8.78 Å². The summed E-state index contributed by atoms with van der Waals surface area (Å²) in [6, 6.07) is 6.45. The highest BCUT2D eigenvalue weighted by Crippen LogP contribution is 2.22. The minimum absolute atomic E-state index is 0.0189. The number of rotatable bonds is 4. The number of anilines is 2. The molecule has 0 amide bonds. The van der Waals surface area contributed by atoms with Crippen LogP contribution in [0, 0.1) is 18.6 Å². The molecule has 4 nitrogen and oxygen atoms in total. The van der Waals surface area contributed by atoms with Crippen LogP contribution in [0.15, 0.2) is 24.3 Å². The van der Waals surface area contributed by atoms with Crippen molar-refractivity contribution in [2.24, 2.45) is 0 Å². The van der Waals surface area contributed by atoms with E-state index in [1.165, 1.54) is 7.05 Å². The van der Waals surface area contributed by atoms with Crippen LogP contribution >= 0.6 is 0 Å². The molecule has 0 bridgehead atoms. The van der Waals surface area contributed by atoms with Crippen LogP contribution in [-0.4, -0.2) is 24.1 Å². The lowest BCUT2D eigenvalue weighted by Gasteiger charge is -2.19. The molecule has 0 aliphatic rings. The summed E-state index contributed by atoms with van der Waals surface area (Å²) in [5, 5.41) is 2.60. The predicted molar refractivity (Wildman–Crippen MR) is 74.8 cm³/mol. The van der Waals surface area contributed by atoms with E-state index < -0.39 is 11.6 Å². The highest BCUT2D eigenvalue weighted by Gasteiger charge is 2.15. The number of halogens is 2. The average Bonchev–Trinajstić information content (AvgIpc) is 2.38. The largest absolute Gasteiger partial charge is 0.371 e. The Kier molecular flexibility index (Phi) is 4.12. The first-order chi connectivity index (χ1) is 9.51. The molecule has 20 heavy (non-hydrogen) atoms. The second kappa shape index (κ2) is 5.81. The van der Waals surface area contributed by atoms with Crippen molar-refractivity contribution < 1.29 is 8.78 Å². The van der Waals surface area contributed by atoms with Crippen LogP contribution in [0.3, 0.4) is 0 Å². The van der Waals surface area contributed by atoms with Crippen LogP contribution < -0.4 is 10.2 Å². The Labute approximate surface area is 116 Å². The minimum Gasteiger partial charge on any atom is -0.371 e. The second-order valence-corrected chi connectivity index (χ2v) is 4.50. The van der Waals surface area contributed by atoms with Gasteiger partial charge in [0.15, 0.2) is 23.3 Å². The van der Waals surface area contributed by atoms with Crippen LogP contribution in [0.4, 0.5) is 20.4 Å². The van der Waals surface area contributed by atoms with Crippen molar-refractivity contribution in [2.45, 2.75) is 13.5 Å². The second-order valence-electron chi connectivity index (χ2n) is 4.50. The highest BCUT2D eigenvalue weighted by atomic mass is 19.1. The van der Waals surface area contributed by atoms with E-state index >= 15 is 0 Å². The monoisotopic (exact) mass is 278 g/mol. The molecule has 0 unspecified atom stereocenters. The zero-order valence-corrected chi connectivity index (χ0v) is 11.6. The molecule has 0 radical (unpaired) electrons.